The fourth-order valence-electron chi connectivity index (χ4n) is 3.00. The average Bonchev–Trinajstić information content (AvgIpc) is 3.32. The van der Waals surface area contributed by atoms with Gasteiger partial charge in [0.15, 0.2) is 0 Å². The van der Waals surface area contributed by atoms with E-state index < -0.39 is 0 Å². The number of carbonyl (C=O) groups is 1. The Morgan fingerprint density at radius 2 is 2.25 bits per heavy atom. The summed E-state index contributed by atoms with van der Waals surface area (Å²) >= 11 is 1.48. The van der Waals surface area contributed by atoms with Gasteiger partial charge in [0.25, 0.3) is 5.91 Å². The Hall–Kier alpha value is -2.18. The molecule has 0 aliphatic carbocycles. The summed E-state index contributed by atoms with van der Waals surface area (Å²) in [6.45, 7) is 3.36. The first-order valence-corrected chi connectivity index (χ1v) is 8.98. The van der Waals surface area contributed by atoms with Crippen LogP contribution in [0.3, 0.4) is 0 Å². The highest BCUT2D eigenvalue weighted by Crippen LogP contribution is 2.30. The molecule has 1 fully saturated rings. The molecule has 0 bridgehead atoms. The number of aromatic nitrogens is 2. The van der Waals surface area contributed by atoms with Crippen molar-refractivity contribution in [1.29, 1.82) is 0 Å². The first-order chi connectivity index (χ1) is 11.7. The van der Waals surface area contributed by atoms with Crippen LogP contribution >= 0.6 is 11.3 Å². The summed E-state index contributed by atoms with van der Waals surface area (Å²) in [5.74, 6) is -0.0364. The number of aryl methyl sites for hydroxylation is 1. The van der Waals surface area contributed by atoms with E-state index in [4.69, 9.17) is 4.74 Å². The van der Waals surface area contributed by atoms with E-state index in [1.807, 2.05) is 48.0 Å². The van der Waals surface area contributed by atoms with E-state index in [2.05, 4.69) is 10.4 Å². The summed E-state index contributed by atoms with van der Waals surface area (Å²) in [7, 11) is 0. The van der Waals surface area contributed by atoms with Gasteiger partial charge in [-0.1, -0.05) is 18.2 Å². The van der Waals surface area contributed by atoms with Crippen LogP contribution in [0.1, 0.15) is 28.2 Å². The number of benzene rings is 1. The maximum Gasteiger partial charge on any atom is 0.261 e. The van der Waals surface area contributed by atoms with Crippen LogP contribution in [0.25, 0.3) is 15.9 Å². The minimum Gasteiger partial charge on any atom is -0.376 e. The number of rotatable bonds is 4. The monoisotopic (exact) mass is 341 g/mol. The molecule has 1 amide bonds. The molecule has 124 valence electrons. The fraction of sp³-hybridized carbons (Fsp3) is 0.333. The summed E-state index contributed by atoms with van der Waals surface area (Å²) < 4.78 is 7.46. The van der Waals surface area contributed by atoms with E-state index in [0.29, 0.717) is 11.4 Å². The van der Waals surface area contributed by atoms with Crippen molar-refractivity contribution in [3.8, 4) is 5.69 Å². The molecule has 6 heteroatoms. The van der Waals surface area contributed by atoms with Crippen LogP contribution in [0.15, 0.2) is 36.4 Å². The largest absolute Gasteiger partial charge is 0.376 e. The third kappa shape index (κ3) is 2.83. The molecular weight excluding hydrogens is 322 g/mol. The topological polar surface area (TPSA) is 56.2 Å². The lowest BCUT2D eigenvalue weighted by Gasteiger charge is -2.09. The summed E-state index contributed by atoms with van der Waals surface area (Å²) in [6.07, 6.45) is 2.26. The van der Waals surface area contributed by atoms with E-state index in [-0.39, 0.29) is 12.0 Å². The number of hydrogen-bond acceptors (Lipinski definition) is 4. The van der Waals surface area contributed by atoms with Crippen LogP contribution in [0.2, 0.25) is 0 Å². The number of fused-ring (bicyclic) bond motifs is 1. The number of para-hydroxylation sites is 1. The molecule has 4 rings (SSSR count). The van der Waals surface area contributed by atoms with Gasteiger partial charge in [-0.3, -0.25) is 4.79 Å². The second-order valence-corrected chi connectivity index (χ2v) is 7.04. The highest BCUT2D eigenvalue weighted by atomic mass is 32.1. The van der Waals surface area contributed by atoms with Crippen molar-refractivity contribution in [2.75, 3.05) is 13.2 Å². The van der Waals surface area contributed by atoms with Gasteiger partial charge in [-0.05, 0) is 38.0 Å². The molecular formula is C18H19N3O2S. The summed E-state index contributed by atoms with van der Waals surface area (Å²) in [4.78, 5) is 14.2. The van der Waals surface area contributed by atoms with E-state index in [9.17, 15) is 4.79 Å². The Morgan fingerprint density at radius 3 is 3.00 bits per heavy atom. The maximum absolute atomic E-state index is 12.4. The molecule has 1 N–H and O–H groups in total. The molecule has 1 atom stereocenters. The van der Waals surface area contributed by atoms with Crippen molar-refractivity contribution in [3.05, 3.63) is 47.0 Å². The van der Waals surface area contributed by atoms with Crippen LogP contribution in [0.5, 0.6) is 0 Å². The fourth-order valence-corrected chi connectivity index (χ4v) is 4.10. The standard InChI is InChI=1S/C18H19N3O2S/c1-12-15-10-16(17(22)19-11-14-8-5-9-23-14)24-18(15)21(20-12)13-6-3-2-4-7-13/h2-4,6-7,10,14H,5,8-9,11H2,1H3,(H,19,22)/t14-/m1/s1. The van der Waals surface area contributed by atoms with Crippen molar-refractivity contribution in [3.63, 3.8) is 0 Å². The lowest BCUT2D eigenvalue weighted by Crippen LogP contribution is -2.31. The Balaban J connectivity index is 1.60. The molecule has 1 saturated heterocycles. The second-order valence-electron chi connectivity index (χ2n) is 6.01. The van der Waals surface area contributed by atoms with Crippen molar-refractivity contribution in [1.82, 2.24) is 15.1 Å². The van der Waals surface area contributed by atoms with Crippen LogP contribution in [0, 0.1) is 6.92 Å². The molecule has 3 heterocycles. The number of hydrogen-bond donors (Lipinski definition) is 1. The van der Waals surface area contributed by atoms with E-state index in [1.165, 1.54) is 11.3 Å². The number of nitrogens with one attached hydrogen (secondary N) is 1. The molecule has 1 aliphatic rings. The van der Waals surface area contributed by atoms with Crippen LogP contribution < -0.4 is 5.32 Å². The number of carbonyl (C=O) groups excluding carboxylic acids is 1. The molecule has 2 aromatic heterocycles. The van der Waals surface area contributed by atoms with Gasteiger partial charge in [-0.15, -0.1) is 11.3 Å². The number of amides is 1. The minimum atomic E-state index is -0.0364. The second kappa shape index (κ2) is 6.37. The van der Waals surface area contributed by atoms with Crippen molar-refractivity contribution in [2.24, 2.45) is 0 Å². The molecule has 3 aromatic rings. The zero-order valence-corrected chi connectivity index (χ0v) is 14.3. The van der Waals surface area contributed by atoms with Crippen molar-refractivity contribution in [2.45, 2.75) is 25.9 Å². The Kier molecular flexibility index (Phi) is 4.08. The highest BCUT2D eigenvalue weighted by Gasteiger charge is 2.19. The normalized spacial score (nSPS) is 17.5. The lowest BCUT2D eigenvalue weighted by atomic mass is 10.2. The smallest absolute Gasteiger partial charge is 0.261 e. The number of thiophene rings is 1. The van der Waals surface area contributed by atoms with Crippen molar-refractivity contribution >= 4 is 27.5 Å². The van der Waals surface area contributed by atoms with Crippen LogP contribution in [-0.4, -0.2) is 34.9 Å². The Bertz CT molecular complexity index is 863. The maximum atomic E-state index is 12.4. The third-order valence-electron chi connectivity index (χ3n) is 4.28. The van der Waals surface area contributed by atoms with Gasteiger partial charge in [0.1, 0.15) is 4.83 Å². The first-order valence-electron chi connectivity index (χ1n) is 8.17. The van der Waals surface area contributed by atoms with E-state index in [1.54, 1.807) is 0 Å². The SMILES string of the molecule is Cc1nn(-c2ccccc2)c2sc(C(=O)NC[C@H]3CCCO3)cc12. The van der Waals surface area contributed by atoms with Gasteiger partial charge >= 0.3 is 0 Å². The molecule has 0 unspecified atom stereocenters. The Labute approximate surface area is 144 Å². The number of nitrogens with zero attached hydrogens (tertiary/aromatic N) is 2. The zero-order chi connectivity index (χ0) is 16.5. The van der Waals surface area contributed by atoms with Crippen molar-refractivity contribution < 1.29 is 9.53 Å². The average molecular weight is 341 g/mol. The number of ether oxygens (including phenoxy) is 1. The molecule has 5 nitrogen and oxygen atoms in total. The van der Waals surface area contributed by atoms with Gasteiger partial charge in [0.2, 0.25) is 0 Å². The predicted molar refractivity (Wildman–Crippen MR) is 95.0 cm³/mol. The molecule has 0 spiro atoms. The highest BCUT2D eigenvalue weighted by molar-refractivity contribution is 7.20. The third-order valence-corrected chi connectivity index (χ3v) is 5.39. The Morgan fingerprint density at radius 1 is 1.42 bits per heavy atom. The first kappa shape index (κ1) is 15.4. The molecule has 1 aliphatic heterocycles. The van der Waals surface area contributed by atoms with E-state index >= 15 is 0 Å². The molecule has 0 radical (unpaired) electrons. The van der Waals surface area contributed by atoms with Gasteiger partial charge in [0.05, 0.1) is 22.4 Å². The van der Waals surface area contributed by atoms with Gasteiger partial charge in [0, 0.05) is 18.5 Å². The molecule has 0 saturated carbocycles. The molecule has 24 heavy (non-hydrogen) atoms. The van der Waals surface area contributed by atoms with Crippen LogP contribution in [0.4, 0.5) is 0 Å². The summed E-state index contributed by atoms with van der Waals surface area (Å²) in [5.41, 5.74) is 1.94. The minimum absolute atomic E-state index is 0.0364. The van der Waals surface area contributed by atoms with Crippen LogP contribution in [-0.2, 0) is 4.74 Å². The van der Waals surface area contributed by atoms with Gasteiger partial charge < -0.3 is 10.1 Å². The summed E-state index contributed by atoms with van der Waals surface area (Å²) in [6, 6.07) is 11.9. The van der Waals surface area contributed by atoms with Gasteiger partial charge in [-0.25, -0.2) is 4.68 Å². The quantitative estimate of drug-likeness (QED) is 0.792. The summed E-state index contributed by atoms with van der Waals surface area (Å²) in [5, 5.41) is 8.63. The lowest BCUT2D eigenvalue weighted by molar-refractivity contribution is 0.0861. The van der Waals surface area contributed by atoms with Gasteiger partial charge in [-0.2, -0.15) is 5.10 Å². The molecule has 1 aromatic carbocycles. The predicted octanol–water partition coefficient (Wildman–Crippen LogP) is 3.30. The zero-order valence-electron chi connectivity index (χ0n) is 13.5. The van der Waals surface area contributed by atoms with E-state index in [0.717, 1.165) is 41.0 Å².